The molecule has 1 fully saturated rings. The van der Waals surface area contributed by atoms with E-state index in [9.17, 15) is 4.79 Å². The van der Waals surface area contributed by atoms with E-state index in [1.165, 1.54) is 12.4 Å². The van der Waals surface area contributed by atoms with Crippen LogP contribution in [0.25, 0.3) is 22.1 Å². The van der Waals surface area contributed by atoms with E-state index in [-0.39, 0.29) is 18.0 Å². The maximum Gasteiger partial charge on any atom is 0.317 e. The summed E-state index contributed by atoms with van der Waals surface area (Å²) >= 11 is 0. The number of aryl methyl sites for hydroxylation is 2. The van der Waals surface area contributed by atoms with Crippen molar-refractivity contribution in [3.05, 3.63) is 73.5 Å². The predicted molar refractivity (Wildman–Crippen MR) is 151 cm³/mol. The number of amides is 1. The molecule has 1 aliphatic rings. The van der Waals surface area contributed by atoms with Crippen molar-refractivity contribution in [1.82, 2.24) is 34.4 Å². The molecule has 1 N–H and O–H groups in total. The highest BCUT2D eigenvalue weighted by atomic mass is 16.5. The van der Waals surface area contributed by atoms with Gasteiger partial charge < -0.3 is 24.3 Å². The van der Waals surface area contributed by atoms with Gasteiger partial charge in [0.05, 0.1) is 23.6 Å². The highest BCUT2D eigenvalue weighted by molar-refractivity contribution is 5.87. The van der Waals surface area contributed by atoms with Crippen molar-refractivity contribution in [2.75, 3.05) is 18.4 Å². The molecule has 3 aromatic heterocycles. The number of fused-ring (bicyclic) bond motifs is 2. The van der Waals surface area contributed by atoms with Gasteiger partial charge in [-0.2, -0.15) is 4.98 Å². The van der Waals surface area contributed by atoms with Crippen molar-refractivity contribution in [2.45, 2.75) is 25.9 Å². The minimum absolute atomic E-state index is 0.0610. The molecular weight excluding hydrogens is 508 g/mol. The molecule has 2 aromatic carbocycles. The van der Waals surface area contributed by atoms with Crippen LogP contribution in [0.15, 0.2) is 67.9 Å². The summed E-state index contributed by atoms with van der Waals surface area (Å²) in [5.74, 6) is 1.94. The van der Waals surface area contributed by atoms with Gasteiger partial charge in [-0.15, -0.1) is 0 Å². The molecule has 0 atom stereocenters. The fourth-order valence-corrected chi connectivity index (χ4v) is 4.74. The van der Waals surface area contributed by atoms with Crippen molar-refractivity contribution in [1.29, 1.82) is 0 Å². The lowest BCUT2D eigenvalue weighted by atomic mass is 10.1. The Balaban J connectivity index is 1.17. The van der Waals surface area contributed by atoms with E-state index in [1.54, 1.807) is 17.4 Å². The van der Waals surface area contributed by atoms with Gasteiger partial charge in [-0.3, -0.25) is 4.79 Å². The summed E-state index contributed by atoms with van der Waals surface area (Å²) in [4.78, 5) is 35.7. The molecule has 11 heteroatoms. The molecule has 1 saturated heterocycles. The Kier molecular flexibility index (Phi) is 6.69. The SMILES string of the molecule is C=CC(=O)N1CCC(Oc2ncc3ncnc(Nc4ccc(Oc5ccc6c(c5)ncn6C)c(C)c4)c3n2)CC1. The standard InChI is InChI=1S/C29H28N8O3/c1-4-26(38)37-11-9-20(10-12-37)40-29-30-15-23-27(35-29)28(32-16-31-23)34-19-5-8-25(18(2)13-19)39-21-6-7-24-22(14-21)33-17-36(24)3/h4-8,13-17,20H,1,9-12H2,2-3H3,(H,31,32,34). The number of anilines is 2. The molecule has 6 rings (SSSR count). The monoisotopic (exact) mass is 536 g/mol. The summed E-state index contributed by atoms with van der Waals surface area (Å²) in [6, 6.07) is 11.9. The summed E-state index contributed by atoms with van der Waals surface area (Å²) in [7, 11) is 1.96. The van der Waals surface area contributed by atoms with Crippen LogP contribution in [0.1, 0.15) is 18.4 Å². The van der Waals surface area contributed by atoms with Crippen LogP contribution in [0.2, 0.25) is 0 Å². The molecule has 0 bridgehead atoms. The van der Waals surface area contributed by atoms with Gasteiger partial charge in [0.25, 0.3) is 0 Å². The van der Waals surface area contributed by atoms with Crippen molar-refractivity contribution in [2.24, 2.45) is 7.05 Å². The zero-order valence-corrected chi connectivity index (χ0v) is 22.2. The minimum Gasteiger partial charge on any atom is -0.460 e. The molecule has 0 radical (unpaired) electrons. The third-order valence-corrected chi connectivity index (χ3v) is 6.92. The summed E-state index contributed by atoms with van der Waals surface area (Å²) < 4.78 is 14.2. The number of likely N-dealkylation sites (tertiary alicyclic amines) is 1. The highest BCUT2D eigenvalue weighted by Gasteiger charge is 2.23. The number of carbonyl (C=O) groups is 1. The average Bonchev–Trinajstić information content (AvgIpc) is 3.34. The van der Waals surface area contributed by atoms with Crippen LogP contribution in [0.3, 0.4) is 0 Å². The molecule has 0 unspecified atom stereocenters. The fourth-order valence-electron chi connectivity index (χ4n) is 4.74. The number of nitrogens with one attached hydrogen (secondary N) is 1. The molecule has 1 aliphatic heterocycles. The molecule has 202 valence electrons. The molecule has 4 heterocycles. The first-order valence-electron chi connectivity index (χ1n) is 13.0. The van der Waals surface area contributed by atoms with Crippen LogP contribution in [0.4, 0.5) is 11.5 Å². The number of hydrogen-bond acceptors (Lipinski definition) is 9. The summed E-state index contributed by atoms with van der Waals surface area (Å²) in [5, 5.41) is 3.34. The van der Waals surface area contributed by atoms with Crippen molar-refractivity contribution >= 4 is 39.5 Å². The second-order valence-corrected chi connectivity index (χ2v) is 9.67. The average molecular weight is 537 g/mol. The van der Waals surface area contributed by atoms with Gasteiger partial charge in [0, 0.05) is 44.7 Å². The molecule has 0 aliphatic carbocycles. The number of nitrogens with zero attached hydrogens (tertiary/aromatic N) is 7. The first-order chi connectivity index (χ1) is 19.5. The van der Waals surface area contributed by atoms with Crippen molar-refractivity contribution in [3.63, 3.8) is 0 Å². The second kappa shape index (κ2) is 10.6. The van der Waals surface area contributed by atoms with Gasteiger partial charge in [-0.05, 0) is 48.9 Å². The van der Waals surface area contributed by atoms with Crippen LogP contribution < -0.4 is 14.8 Å². The first-order valence-corrected chi connectivity index (χ1v) is 13.0. The van der Waals surface area contributed by atoms with E-state index < -0.39 is 0 Å². The largest absolute Gasteiger partial charge is 0.460 e. The molecule has 0 spiro atoms. The topological polar surface area (TPSA) is 120 Å². The van der Waals surface area contributed by atoms with Gasteiger partial charge in [0.15, 0.2) is 5.82 Å². The fraction of sp³-hybridized carbons (Fsp3) is 0.241. The van der Waals surface area contributed by atoms with Crippen LogP contribution in [-0.4, -0.2) is 59.5 Å². The Morgan fingerprint density at radius 3 is 2.73 bits per heavy atom. The Morgan fingerprint density at radius 1 is 1.07 bits per heavy atom. The smallest absolute Gasteiger partial charge is 0.317 e. The number of ether oxygens (including phenoxy) is 2. The number of imidazole rings is 1. The molecule has 40 heavy (non-hydrogen) atoms. The number of rotatable bonds is 7. The third-order valence-electron chi connectivity index (χ3n) is 6.92. The lowest BCUT2D eigenvalue weighted by Gasteiger charge is -2.30. The van der Waals surface area contributed by atoms with E-state index in [2.05, 4.69) is 36.8 Å². The molecule has 11 nitrogen and oxygen atoms in total. The minimum atomic E-state index is -0.0825. The molecular formula is C29H28N8O3. The van der Waals surface area contributed by atoms with E-state index in [1.807, 2.05) is 54.9 Å². The molecule has 0 saturated carbocycles. The van der Waals surface area contributed by atoms with Gasteiger partial charge in [0.2, 0.25) is 5.91 Å². The molecule has 1 amide bonds. The zero-order chi connectivity index (χ0) is 27.6. The summed E-state index contributed by atoms with van der Waals surface area (Å²) in [6.07, 6.45) is 7.53. The maximum absolute atomic E-state index is 11.8. The zero-order valence-electron chi connectivity index (χ0n) is 22.2. The van der Waals surface area contributed by atoms with E-state index in [0.717, 1.165) is 33.8 Å². The van der Waals surface area contributed by atoms with Crippen LogP contribution in [0, 0.1) is 6.92 Å². The van der Waals surface area contributed by atoms with Gasteiger partial charge in [0.1, 0.15) is 35.0 Å². The number of carbonyl (C=O) groups excluding carboxylic acids is 1. The van der Waals surface area contributed by atoms with Crippen LogP contribution in [0.5, 0.6) is 17.5 Å². The predicted octanol–water partition coefficient (Wildman–Crippen LogP) is 4.71. The highest BCUT2D eigenvalue weighted by Crippen LogP contribution is 2.31. The Bertz CT molecular complexity index is 1730. The lowest BCUT2D eigenvalue weighted by molar-refractivity contribution is -0.127. The van der Waals surface area contributed by atoms with Gasteiger partial charge in [-0.25, -0.2) is 19.9 Å². The lowest BCUT2D eigenvalue weighted by Crippen LogP contribution is -2.41. The quantitative estimate of drug-likeness (QED) is 0.295. The summed E-state index contributed by atoms with van der Waals surface area (Å²) in [5.41, 5.74) is 4.84. The number of benzene rings is 2. The van der Waals surface area contributed by atoms with Crippen molar-refractivity contribution < 1.29 is 14.3 Å². The van der Waals surface area contributed by atoms with Gasteiger partial charge >= 0.3 is 6.01 Å². The maximum atomic E-state index is 11.8. The first kappa shape index (κ1) is 25.2. The summed E-state index contributed by atoms with van der Waals surface area (Å²) in [6.45, 7) is 6.76. The van der Waals surface area contributed by atoms with Crippen molar-refractivity contribution in [3.8, 4) is 17.5 Å². The van der Waals surface area contributed by atoms with E-state index in [0.29, 0.717) is 42.8 Å². The second-order valence-electron chi connectivity index (χ2n) is 9.67. The van der Waals surface area contributed by atoms with Crippen LogP contribution >= 0.6 is 0 Å². The number of aromatic nitrogens is 6. The van der Waals surface area contributed by atoms with E-state index in [4.69, 9.17) is 9.47 Å². The van der Waals surface area contributed by atoms with Crippen LogP contribution in [-0.2, 0) is 11.8 Å². The number of piperidine rings is 1. The van der Waals surface area contributed by atoms with E-state index >= 15 is 0 Å². The third kappa shape index (κ3) is 5.13. The normalized spacial score (nSPS) is 13.9. The Labute approximate surface area is 230 Å². The van der Waals surface area contributed by atoms with Gasteiger partial charge in [-0.1, -0.05) is 6.58 Å². The number of hydrogen-bond donors (Lipinski definition) is 1. The Morgan fingerprint density at radius 2 is 1.93 bits per heavy atom. The molecule has 5 aromatic rings. The Hall–Kier alpha value is -5.06.